The minimum atomic E-state index is -0.927. The molecular weight excluding hydrogens is 214 g/mol. The molecule has 0 aromatic rings. The second-order valence-corrected chi connectivity index (χ2v) is 5.14. The lowest BCUT2D eigenvalue weighted by atomic mass is 10.4. The summed E-state index contributed by atoms with van der Waals surface area (Å²) in [5, 5.41) is 12.6. The molecule has 0 aromatic heterocycles. The lowest BCUT2D eigenvalue weighted by molar-refractivity contribution is 0.193. The van der Waals surface area contributed by atoms with E-state index in [4.69, 9.17) is 4.74 Å². The molecule has 0 saturated carbocycles. The van der Waals surface area contributed by atoms with Crippen LogP contribution >= 0.6 is 0 Å². The van der Waals surface area contributed by atoms with Gasteiger partial charge in [0.05, 0.1) is 11.9 Å². The molecule has 0 aliphatic heterocycles. The van der Waals surface area contributed by atoms with Gasteiger partial charge in [0, 0.05) is 36.8 Å². The van der Waals surface area contributed by atoms with Crippen molar-refractivity contribution >= 4 is 10.8 Å². The Balaban J connectivity index is 3.40. The fourth-order valence-corrected chi connectivity index (χ4v) is 2.32. The summed E-state index contributed by atoms with van der Waals surface area (Å²) < 4.78 is 16.3. The number of rotatable bonds is 10. The highest BCUT2D eigenvalue weighted by Gasteiger charge is 2.08. The summed E-state index contributed by atoms with van der Waals surface area (Å²) in [6, 6.07) is 0. The number of ether oxygens (including phenoxy) is 1. The molecule has 5 heteroatoms. The van der Waals surface area contributed by atoms with Gasteiger partial charge in [-0.3, -0.25) is 4.21 Å². The van der Waals surface area contributed by atoms with Gasteiger partial charge in [-0.15, -0.1) is 0 Å². The highest BCUT2D eigenvalue weighted by atomic mass is 32.2. The Labute approximate surface area is 94.9 Å². The Morgan fingerprint density at radius 3 is 2.87 bits per heavy atom. The monoisotopic (exact) mass is 237 g/mol. The quantitative estimate of drug-likeness (QED) is 0.530. The van der Waals surface area contributed by atoms with Crippen LogP contribution in [-0.2, 0) is 15.5 Å². The Morgan fingerprint density at radius 2 is 2.27 bits per heavy atom. The summed E-state index contributed by atoms with van der Waals surface area (Å²) >= 11 is 0. The van der Waals surface area contributed by atoms with E-state index in [-0.39, 0.29) is 0 Å². The maximum atomic E-state index is 11.4. The van der Waals surface area contributed by atoms with Crippen LogP contribution in [0.1, 0.15) is 19.8 Å². The first kappa shape index (κ1) is 15.0. The molecule has 15 heavy (non-hydrogen) atoms. The van der Waals surface area contributed by atoms with Crippen molar-refractivity contribution in [3.8, 4) is 0 Å². The summed E-state index contributed by atoms with van der Waals surface area (Å²) in [7, 11) is 0.704. The van der Waals surface area contributed by atoms with Gasteiger partial charge in [0.25, 0.3) is 0 Å². The van der Waals surface area contributed by atoms with E-state index in [2.05, 4.69) is 12.2 Å². The van der Waals surface area contributed by atoms with E-state index >= 15 is 0 Å². The molecule has 0 aliphatic carbocycles. The fourth-order valence-electron chi connectivity index (χ4n) is 1.17. The van der Waals surface area contributed by atoms with Crippen LogP contribution in [0.25, 0.3) is 0 Å². The average molecular weight is 237 g/mol. The van der Waals surface area contributed by atoms with Gasteiger partial charge in [0.1, 0.15) is 0 Å². The van der Waals surface area contributed by atoms with E-state index in [1.807, 2.05) is 0 Å². The minimum Gasteiger partial charge on any atom is -0.391 e. The lowest BCUT2D eigenvalue weighted by Crippen LogP contribution is -2.31. The predicted octanol–water partition coefficient (Wildman–Crippen LogP) is 0.132. The number of aliphatic hydroxyl groups is 1. The number of hydrogen-bond donors (Lipinski definition) is 2. The number of hydrogen-bond acceptors (Lipinski definition) is 4. The standard InChI is InChI=1S/C10H23NO3S/c1-3-5-11-8-10(12)9-15(13)7-4-6-14-2/h10-12H,3-9H2,1-2H3. The van der Waals surface area contributed by atoms with Crippen molar-refractivity contribution in [1.29, 1.82) is 0 Å². The van der Waals surface area contributed by atoms with Gasteiger partial charge in [0.15, 0.2) is 0 Å². The summed E-state index contributed by atoms with van der Waals surface area (Å²) in [6.07, 6.45) is 1.34. The van der Waals surface area contributed by atoms with Gasteiger partial charge in [-0.1, -0.05) is 6.92 Å². The van der Waals surface area contributed by atoms with E-state index < -0.39 is 16.9 Å². The summed E-state index contributed by atoms with van der Waals surface area (Å²) in [4.78, 5) is 0. The molecule has 0 aromatic carbocycles. The van der Waals surface area contributed by atoms with Crippen molar-refractivity contribution in [2.45, 2.75) is 25.9 Å². The van der Waals surface area contributed by atoms with Crippen molar-refractivity contribution in [2.75, 3.05) is 38.3 Å². The van der Waals surface area contributed by atoms with E-state index in [1.165, 1.54) is 0 Å². The number of methoxy groups -OCH3 is 1. The highest BCUT2D eigenvalue weighted by Crippen LogP contribution is 1.93. The molecule has 0 bridgehead atoms. The van der Waals surface area contributed by atoms with E-state index in [1.54, 1.807) is 7.11 Å². The van der Waals surface area contributed by atoms with Crippen molar-refractivity contribution in [2.24, 2.45) is 0 Å². The second-order valence-electron chi connectivity index (χ2n) is 3.51. The van der Waals surface area contributed by atoms with Crippen LogP contribution in [0.4, 0.5) is 0 Å². The largest absolute Gasteiger partial charge is 0.391 e. The molecule has 4 nitrogen and oxygen atoms in total. The first-order chi connectivity index (χ1) is 7.20. The van der Waals surface area contributed by atoms with Crippen LogP contribution in [0.3, 0.4) is 0 Å². The maximum Gasteiger partial charge on any atom is 0.0779 e. The van der Waals surface area contributed by atoms with Gasteiger partial charge < -0.3 is 15.2 Å². The van der Waals surface area contributed by atoms with Gasteiger partial charge >= 0.3 is 0 Å². The second kappa shape index (κ2) is 10.5. The predicted molar refractivity (Wildman–Crippen MR) is 63.5 cm³/mol. The van der Waals surface area contributed by atoms with Gasteiger partial charge in [-0.25, -0.2) is 0 Å². The smallest absolute Gasteiger partial charge is 0.0779 e. The Bertz CT molecular complexity index is 167. The topological polar surface area (TPSA) is 58.6 Å². The van der Waals surface area contributed by atoms with E-state index in [0.717, 1.165) is 19.4 Å². The van der Waals surface area contributed by atoms with Crippen LogP contribution in [0, 0.1) is 0 Å². The summed E-state index contributed by atoms with van der Waals surface area (Å²) in [5.74, 6) is 0.971. The molecule has 0 aliphatic rings. The number of nitrogens with one attached hydrogen (secondary N) is 1. The van der Waals surface area contributed by atoms with Crippen molar-refractivity contribution in [1.82, 2.24) is 5.32 Å². The molecule has 92 valence electrons. The molecule has 0 rings (SSSR count). The first-order valence-corrected chi connectivity index (χ1v) is 6.92. The third-order valence-corrected chi connectivity index (χ3v) is 3.41. The molecule has 0 amide bonds. The van der Waals surface area contributed by atoms with E-state index in [9.17, 15) is 9.32 Å². The van der Waals surface area contributed by atoms with Gasteiger partial charge in [0.2, 0.25) is 0 Å². The summed E-state index contributed by atoms with van der Waals surface area (Å²) in [5.41, 5.74) is 0. The third kappa shape index (κ3) is 10.3. The average Bonchev–Trinajstić information content (AvgIpc) is 2.18. The molecule has 0 heterocycles. The van der Waals surface area contributed by atoms with Crippen LogP contribution in [0.5, 0.6) is 0 Å². The number of aliphatic hydroxyl groups excluding tert-OH is 1. The lowest BCUT2D eigenvalue weighted by Gasteiger charge is -2.10. The van der Waals surface area contributed by atoms with E-state index in [0.29, 0.717) is 24.7 Å². The van der Waals surface area contributed by atoms with Crippen molar-refractivity contribution in [3.63, 3.8) is 0 Å². The normalized spacial score (nSPS) is 15.1. The molecule has 0 spiro atoms. The molecule has 2 unspecified atom stereocenters. The first-order valence-electron chi connectivity index (χ1n) is 5.43. The van der Waals surface area contributed by atoms with Crippen LogP contribution < -0.4 is 5.32 Å². The Hall–Kier alpha value is 0.0300. The zero-order chi connectivity index (χ0) is 11.5. The van der Waals surface area contributed by atoms with Crippen LogP contribution in [-0.4, -0.2) is 53.7 Å². The van der Waals surface area contributed by atoms with Crippen LogP contribution in [0.15, 0.2) is 0 Å². The minimum absolute atomic E-state index is 0.362. The van der Waals surface area contributed by atoms with Crippen LogP contribution in [0.2, 0.25) is 0 Å². The Morgan fingerprint density at radius 1 is 1.53 bits per heavy atom. The zero-order valence-corrected chi connectivity index (χ0v) is 10.5. The molecule has 0 fully saturated rings. The Kier molecular flexibility index (Phi) is 10.6. The SMILES string of the molecule is CCCNCC(O)CS(=O)CCCOC. The summed E-state index contributed by atoms with van der Waals surface area (Å²) in [6.45, 7) is 4.13. The molecule has 2 N–H and O–H groups in total. The molecule has 0 radical (unpaired) electrons. The van der Waals surface area contributed by atoms with Crippen molar-refractivity contribution < 1.29 is 14.1 Å². The van der Waals surface area contributed by atoms with Crippen molar-refractivity contribution in [3.05, 3.63) is 0 Å². The van der Waals surface area contributed by atoms with Gasteiger partial charge in [-0.2, -0.15) is 0 Å². The fraction of sp³-hybridized carbons (Fsp3) is 1.00. The zero-order valence-electron chi connectivity index (χ0n) is 9.70. The highest BCUT2D eigenvalue weighted by molar-refractivity contribution is 7.85. The van der Waals surface area contributed by atoms with Gasteiger partial charge in [-0.05, 0) is 19.4 Å². The molecule has 0 saturated heterocycles. The third-order valence-electron chi connectivity index (χ3n) is 1.91. The molecular formula is C10H23NO3S. The maximum absolute atomic E-state index is 11.4. The molecule has 2 atom stereocenters.